The summed E-state index contributed by atoms with van der Waals surface area (Å²) in [6.45, 7) is 6.23. The minimum atomic E-state index is -0.642. The number of rotatable bonds is 3. The Bertz CT molecular complexity index is 471. The molecule has 0 amide bonds. The highest BCUT2D eigenvalue weighted by molar-refractivity contribution is 5.76. The van der Waals surface area contributed by atoms with Crippen LogP contribution in [0.5, 0.6) is 0 Å². The van der Waals surface area contributed by atoms with Gasteiger partial charge in [0.05, 0.1) is 12.0 Å². The molecule has 1 aromatic carbocycles. The van der Waals surface area contributed by atoms with Gasteiger partial charge in [0.2, 0.25) is 0 Å². The first-order chi connectivity index (χ1) is 9.87. The standard InChI is InChI=1S/C17H25NO3/c1-16(2,3)15(20)21-17(13-7-5-4-6-8-13)10-9-14(11-19)18-12-17/h4-8,14,18-19H,9-12H2,1-3H3. The molecule has 0 spiro atoms. The Morgan fingerprint density at radius 2 is 2.05 bits per heavy atom. The lowest BCUT2D eigenvalue weighted by Gasteiger charge is -2.41. The van der Waals surface area contributed by atoms with Crippen molar-refractivity contribution in [2.75, 3.05) is 13.2 Å². The molecule has 1 saturated heterocycles. The van der Waals surface area contributed by atoms with Crippen LogP contribution in [0.1, 0.15) is 39.2 Å². The van der Waals surface area contributed by atoms with Gasteiger partial charge in [0.1, 0.15) is 5.60 Å². The number of ether oxygens (including phenoxy) is 1. The first-order valence-corrected chi connectivity index (χ1v) is 7.51. The highest BCUT2D eigenvalue weighted by atomic mass is 16.6. The Labute approximate surface area is 126 Å². The van der Waals surface area contributed by atoms with Crippen LogP contribution in [0.4, 0.5) is 0 Å². The quantitative estimate of drug-likeness (QED) is 0.838. The van der Waals surface area contributed by atoms with Crippen molar-refractivity contribution in [1.29, 1.82) is 0 Å². The lowest BCUT2D eigenvalue weighted by Crippen LogP contribution is -2.52. The van der Waals surface area contributed by atoms with E-state index in [2.05, 4.69) is 5.32 Å². The fourth-order valence-electron chi connectivity index (χ4n) is 2.53. The molecule has 116 valence electrons. The number of hydrogen-bond acceptors (Lipinski definition) is 4. The molecule has 4 nitrogen and oxygen atoms in total. The van der Waals surface area contributed by atoms with Crippen LogP contribution in [0.15, 0.2) is 30.3 Å². The first-order valence-electron chi connectivity index (χ1n) is 7.51. The highest BCUT2D eigenvalue weighted by Crippen LogP contribution is 2.36. The molecule has 0 saturated carbocycles. The van der Waals surface area contributed by atoms with Gasteiger partial charge < -0.3 is 15.2 Å². The Morgan fingerprint density at radius 1 is 1.38 bits per heavy atom. The van der Waals surface area contributed by atoms with Crippen LogP contribution < -0.4 is 5.32 Å². The molecule has 0 aliphatic carbocycles. The second-order valence-corrected chi connectivity index (χ2v) is 6.80. The summed E-state index contributed by atoms with van der Waals surface area (Å²) in [5, 5.41) is 12.6. The SMILES string of the molecule is CC(C)(C)C(=O)OC1(c2ccccc2)CCC(CO)NC1. The summed E-state index contributed by atoms with van der Waals surface area (Å²) >= 11 is 0. The van der Waals surface area contributed by atoms with Crippen molar-refractivity contribution < 1.29 is 14.6 Å². The molecule has 1 aromatic rings. The second-order valence-electron chi connectivity index (χ2n) is 6.80. The van der Waals surface area contributed by atoms with E-state index >= 15 is 0 Å². The molecule has 2 atom stereocenters. The fourth-order valence-corrected chi connectivity index (χ4v) is 2.53. The van der Waals surface area contributed by atoms with Crippen LogP contribution in [0, 0.1) is 5.41 Å². The maximum Gasteiger partial charge on any atom is 0.312 e. The number of aliphatic hydroxyl groups is 1. The molecular weight excluding hydrogens is 266 g/mol. The molecule has 1 heterocycles. The molecule has 1 aliphatic rings. The lowest BCUT2D eigenvalue weighted by atomic mass is 9.83. The first kappa shape index (κ1) is 16.0. The summed E-state index contributed by atoms with van der Waals surface area (Å²) in [4.78, 5) is 12.4. The van der Waals surface area contributed by atoms with E-state index in [1.807, 2.05) is 51.1 Å². The largest absolute Gasteiger partial charge is 0.452 e. The summed E-state index contributed by atoms with van der Waals surface area (Å²) in [6, 6.07) is 9.94. The summed E-state index contributed by atoms with van der Waals surface area (Å²) in [5.41, 5.74) is -0.168. The molecule has 1 aliphatic heterocycles. The summed E-state index contributed by atoms with van der Waals surface area (Å²) in [6.07, 6.45) is 1.50. The summed E-state index contributed by atoms with van der Waals surface area (Å²) in [5.74, 6) is -0.199. The van der Waals surface area contributed by atoms with Crippen LogP contribution in [0.2, 0.25) is 0 Å². The van der Waals surface area contributed by atoms with Gasteiger partial charge in [-0.25, -0.2) is 0 Å². The minimum absolute atomic E-state index is 0.0789. The van der Waals surface area contributed by atoms with Crippen LogP contribution in [0.3, 0.4) is 0 Å². The number of esters is 1. The van der Waals surface area contributed by atoms with Gasteiger partial charge in [-0.1, -0.05) is 30.3 Å². The molecule has 21 heavy (non-hydrogen) atoms. The van der Waals surface area contributed by atoms with Gasteiger partial charge >= 0.3 is 5.97 Å². The van der Waals surface area contributed by atoms with Gasteiger partial charge in [0.15, 0.2) is 0 Å². The molecule has 0 bridgehead atoms. The Balaban J connectivity index is 2.26. The number of carbonyl (C=O) groups is 1. The van der Waals surface area contributed by atoms with Gasteiger partial charge in [0.25, 0.3) is 0 Å². The van der Waals surface area contributed by atoms with Gasteiger partial charge in [0, 0.05) is 12.6 Å². The zero-order chi connectivity index (χ0) is 15.5. The number of carbonyl (C=O) groups excluding carboxylic acids is 1. The van der Waals surface area contributed by atoms with Crippen molar-refractivity contribution >= 4 is 5.97 Å². The van der Waals surface area contributed by atoms with Gasteiger partial charge in [-0.05, 0) is 39.2 Å². The number of aliphatic hydroxyl groups excluding tert-OH is 1. The molecule has 0 radical (unpaired) electrons. The Morgan fingerprint density at radius 3 is 2.52 bits per heavy atom. The zero-order valence-corrected chi connectivity index (χ0v) is 13.1. The number of piperidine rings is 1. The average Bonchev–Trinajstić information content (AvgIpc) is 2.48. The third-order valence-corrected chi connectivity index (χ3v) is 3.99. The van der Waals surface area contributed by atoms with E-state index in [-0.39, 0.29) is 18.6 Å². The van der Waals surface area contributed by atoms with E-state index in [4.69, 9.17) is 4.74 Å². The monoisotopic (exact) mass is 291 g/mol. The zero-order valence-electron chi connectivity index (χ0n) is 13.1. The van der Waals surface area contributed by atoms with Gasteiger partial charge in [-0.3, -0.25) is 4.79 Å². The number of hydrogen-bond donors (Lipinski definition) is 2. The third kappa shape index (κ3) is 3.63. The topological polar surface area (TPSA) is 58.6 Å². The molecule has 1 fully saturated rings. The van der Waals surface area contributed by atoms with Crippen LogP contribution >= 0.6 is 0 Å². The Kier molecular flexibility index (Phi) is 4.69. The molecule has 2 unspecified atom stereocenters. The van der Waals surface area contributed by atoms with Crippen molar-refractivity contribution in [3.05, 3.63) is 35.9 Å². The number of nitrogens with one attached hydrogen (secondary N) is 1. The van der Waals surface area contributed by atoms with Crippen LogP contribution in [0.25, 0.3) is 0 Å². The van der Waals surface area contributed by atoms with Crippen molar-refractivity contribution in [3.63, 3.8) is 0 Å². The molecular formula is C17H25NO3. The van der Waals surface area contributed by atoms with Crippen molar-refractivity contribution in [2.45, 2.75) is 45.3 Å². The summed E-state index contributed by atoms with van der Waals surface area (Å²) in [7, 11) is 0. The predicted molar refractivity (Wildman–Crippen MR) is 81.8 cm³/mol. The molecule has 4 heteroatoms. The van der Waals surface area contributed by atoms with E-state index in [9.17, 15) is 9.90 Å². The van der Waals surface area contributed by atoms with Crippen molar-refractivity contribution in [1.82, 2.24) is 5.32 Å². The van der Waals surface area contributed by atoms with Crippen molar-refractivity contribution in [2.24, 2.45) is 5.41 Å². The van der Waals surface area contributed by atoms with E-state index in [0.29, 0.717) is 6.54 Å². The molecule has 0 aromatic heterocycles. The molecule has 2 rings (SSSR count). The van der Waals surface area contributed by atoms with Crippen molar-refractivity contribution in [3.8, 4) is 0 Å². The second kappa shape index (κ2) is 6.16. The average molecular weight is 291 g/mol. The van der Waals surface area contributed by atoms with E-state index in [1.54, 1.807) is 0 Å². The lowest BCUT2D eigenvalue weighted by molar-refractivity contribution is -0.174. The fraction of sp³-hybridized carbons (Fsp3) is 0.588. The smallest absolute Gasteiger partial charge is 0.312 e. The highest BCUT2D eigenvalue weighted by Gasteiger charge is 2.42. The maximum absolute atomic E-state index is 12.4. The number of benzene rings is 1. The maximum atomic E-state index is 12.4. The van der Waals surface area contributed by atoms with Gasteiger partial charge in [-0.15, -0.1) is 0 Å². The Hall–Kier alpha value is -1.39. The van der Waals surface area contributed by atoms with Crippen LogP contribution in [-0.2, 0) is 15.1 Å². The van der Waals surface area contributed by atoms with E-state index in [0.717, 1.165) is 18.4 Å². The van der Waals surface area contributed by atoms with Crippen LogP contribution in [-0.4, -0.2) is 30.3 Å². The summed E-state index contributed by atoms with van der Waals surface area (Å²) < 4.78 is 5.94. The van der Waals surface area contributed by atoms with E-state index < -0.39 is 11.0 Å². The predicted octanol–water partition coefficient (Wildman–Crippen LogP) is 2.22. The van der Waals surface area contributed by atoms with E-state index in [1.165, 1.54) is 0 Å². The molecule has 2 N–H and O–H groups in total. The van der Waals surface area contributed by atoms with Gasteiger partial charge in [-0.2, -0.15) is 0 Å². The third-order valence-electron chi connectivity index (χ3n) is 3.99. The minimum Gasteiger partial charge on any atom is -0.452 e. The normalized spacial score (nSPS) is 26.4.